The maximum absolute atomic E-state index is 12.9. The van der Waals surface area contributed by atoms with Crippen molar-refractivity contribution in [3.8, 4) is 5.75 Å². The van der Waals surface area contributed by atoms with Crippen LogP contribution in [0.3, 0.4) is 0 Å². The standard InChI is InChI=1S/C22H21ClN2O3/c1-14(2)24-21(26)13-28-20-12-16-6-4-3-5-15(16)11-19(20)22(27)25-18-9-7-17(23)8-10-18/h3-12,14H,13H2,1-2H3,(H,24,26)(H,25,27). The smallest absolute Gasteiger partial charge is 0.259 e. The summed E-state index contributed by atoms with van der Waals surface area (Å²) in [6.45, 7) is 3.58. The Labute approximate surface area is 168 Å². The number of carbonyl (C=O) groups is 2. The van der Waals surface area contributed by atoms with E-state index in [-0.39, 0.29) is 24.5 Å². The average molecular weight is 397 g/mol. The molecule has 6 heteroatoms. The highest BCUT2D eigenvalue weighted by Gasteiger charge is 2.16. The van der Waals surface area contributed by atoms with Crippen molar-refractivity contribution in [2.45, 2.75) is 19.9 Å². The van der Waals surface area contributed by atoms with Gasteiger partial charge in [-0.25, -0.2) is 0 Å². The van der Waals surface area contributed by atoms with Gasteiger partial charge in [-0.2, -0.15) is 0 Å². The van der Waals surface area contributed by atoms with Crippen LogP contribution in [0, 0.1) is 0 Å². The molecule has 3 rings (SSSR count). The zero-order valence-corrected chi connectivity index (χ0v) is 16.4. The molecule has 0 fully saturated rings. The molecule has 0 aliphatic rings. The van der Waals surface area contributed by atoms with E-state index < -0.39 is 0 Å². The SMILES string of the molecule is CC(C)NC(=O)COc1cc2ccccc2cc1C(=O)Nc1ccc(Cl)cc1. The van der Waals surface area contributed by atoms with Crippen molar-refractivity contribution < 1.29 is 14.3 Å². The van der Waals surface area contributed by atoms with Gasteiger partial charge < -0.3 is 15.4 Å². The highest BCUT2D eigenvalue weighted by atomic mass is 35.5. The molecule has 0 aliphatic carbocycles. The van der Waals surface area contributed by atoms with Gasteiger partial charge in [0.15, 0.2) is 6.61 Å². The lowest BCUT2D eigenvalue weighted by molar-refractivity contribution is -0.123. The number of anilines is 1. The molecular formula is C22H21ClN2O3. The monoisotopic (exact) mass is 396 g/mol. The lowest BCUT2D eigenvalue weighted by Crippen LogP contribution is -2.34. The van der Waals surface area contributed by atoms with E-state index in [1.54, 1.807) is 36.4 Å². The van der Waals surface area contributed by atoms with Crippen molar-refractivity contribution in [3.05, 3.63) is 71.2 Å². The molecule has 0 atom stereocenters. The minimum absolute atomic E-state index is 0.0142. The first kappa shape index (κ1) is 19.7. The highest BCUT2D eigenvalue weighted by molar-refractivity contribution is 6.30. The second-order valence-electron chi connectivity index (χ2n) is 6.67. The lowest BCUT2D eigenvalue weighted by Gasteiger charge is -2.14. The molecule has 3 aromatic rings. The number of hydrogen-bond donors (Lipinski definition) is 2. The summed E-state index contributed by atoms with van der Waals surface area (Å²) in [6.07, 6.45) is 0. The van der Waals surface area contributed by atoms with Crippen LogP contribution in [-0.2, 0) is 4.79 Å². The fourth-order valence-corrected chi connectivity index (χ4v) is 2.88. The normalized spacial score (nSPS) is 10.7. The van der Waals surface area contributed by atoms with Crippen molar-refractivity contribution in [2.24, 2.45) is 0 Å². The van der Waals surface area contributed by atoms with Crippen LogP contribution in [0.15, 0.2) is 60.7 Å². The van der Waals surface area contributed by atoms with Gasteiger partial charge in [-0.3, -0.25) is 9.59 Å². The van der Waals surface area contributed by atoms with Crippen molar-refractivity contribution >= 4 is 39.9 Å². The summed E-state index contributed by atoms with van der Waals surface area (Å²) in [5.41, 5.74) is 0.969. The summed E-state index contributed by atoms with van der Waals surface area (Å²) in [5.74, 6) is -0.219. The summed E-state index contributed by atoms with van der Waals surface area (Å²) < 4.78 is 5.69. The third kappa shape index (κ3) is 5.02. The van der Waals surface area contributed by atoms with E-state index in [1.165, 1.54) is 0 Å². The van der Waals surface area contributed by atoms with E-state index in [4.69, 9.17) is 16.3 Å². The van der Waals surface area contributed by atoms with E-state index in [1.807, 2.05) is 38.1 Å². The molecule has 0 aliphatic heterocycles. The molecular weight excluding hydrogens is 376 g/mol. The predicted octanol–water partition coefficient (Wildman–Crippen LogP) is 4.65. The molecule has 0 spiro atoms. The zero-order valence-electron chi connectivity index (χ0n) is 15.7. The van der Waals surface area contributed by atoms with Crippen LogP contribution < -0.4 is 15.4 Å². The second kappa shape index (κ2) is 8.76. The van der Waals surface area contributed by atoms with Crippen LogP contribution in [0.4, 0.5) is 5.69 Å². The molecule has 0 saturated heterocycles. The Balaban J connectivity index is 1.88. The van der Waals surface area contributed by atoms with Gasteiger partial charge in [0.2, 0.25) is 0 Å². The van der Waals surface area contributed by atoms with Crippen LogP contribution in [0.5, 0.6) is 5.75 Å². The van der Waals surface area contributed by atoms with Gasteiger partial charge in [0.05, 0.1) is 5.56 Å². The highest BCUT2D eigenvalue weighted by Crippen LogP contribution is 2.27. The zero-order chi connectivity index (χ0) is 20.1. The fraction of sp³-hybridized carbons (Fsp3) is 0.182. The molecule has 0 bridgehead atoms. The maximum Gasteiger partial charge on any atom is 0.259 e. The maximum atomic E-state index is 12.9. The van der Waals surface area contributed by atoms with E-state index in [9.17, 15) is 9.59 Å². The van der Waals surface area contributed by atoms with Gasteiger partial charge in [-0.1, -0.05) is 35.9 Å². The molecule has 2 amide bonds. The van der Waals surface area contributed by atoms with Gasteiger partial charge in [0.25, 0.3) is 11.8 Å². The Kier molecular flexibility index (Phi) is 6.16. The number of halogens is 1. The lowest BCUT2D eigenvalue weighted by atomic mass is 10.1. The van der Waals surface area contributed by atoms with E-state index >= 15 is 0 Å². The largest absolute Gasteiger partial charge is 0.483 e. The Bertz CT molecular complexity index is 1000. The van der Waals surface area contributed by atoms with E-state index in [0.29, 0.717) is 22.0 Å². The topological polar surface area (TPSA) is 67.4 Å². The summed E-state index contributed by atoms with van der Waals surface area (Å²) in [7, 11) is 0. The minimum Gasteiger partial charge on any atom is -0.483 e. The van der Waals surface area contributed by atoms with Crippen LogP contribution >= 0.6 is 11.6 Å². The molecule has 0 heterocycles. The molecule has 28 heavy (non-hydrogen) atoms. The molecule has 0 unspecified atom stereocenters. The second-order valence-corrected chi connectivity index (χ2v) is 7.10. The number of amides is 2. The first-order chi connectivity index (χ1) is 13.4. The number of carbonyl (C=O) groups excluding carboxylic acids is 2. The summed E-state index contributed by atoms with van der Waals surface area (Å²) in [6, 6.07) is 18.0. The van der Waals surface area contributed by atoms with Gasteiger partial charge in [-0.15, -0.1) is 0 Å². The summed E-state index contributed by atoms with van der Waals surface area (Å²) in [4.78, 5) is 24.8. The molecule has 144 valence electrons. The fourth-order valence-electron chi connectivity index (χ4n) is 2.75. The molecule has 0 aromatic heterocycles. The number of benzene rings is 3. The van der Waals surface area contributed by atoms with Crippen molar-refractivity contribution in [1.82, 2.24) is 5.32 Å². The number of hydrogen-bond acceptors (Lipinski definition) is 3. The van der Waals surface area contributed by atoms with Crippen LogP contribution in [-0.4, -0.2) is 24.5 Å². The summed E-state index contributed by atoms with van der Waals surface area (Å²) >= 11 is 5.89. The number of rotatable bonds is 6. The minimum atomic E-state index is -0.327. The Hall–Kier alpha value is -3.05. The Morgan fingerprint density at radius 2 is 1.64 bits per heavy atom. The van der Waals surface area contributed by atoms with Crippen LogP contribution in [0.25, 0.3) is 10.8 Å². The van der Waals surface area contributed by atoms with Gasteiger partial charge in [-0.05, 0) is 61.0 Å². The van der Waals surface area contributed by atoms with Gasteiger partial charge in [0, 0.05) is 16.8 Å². The number of fused-ring (bicyclic) bond motifs is 1. The molecule has 3 aromatic carbocycles. The third-order valence-electron chi connectivity index (χ3n) is 4.00. The first-order valence-corrected chi connectivity index (χ1v) is 9.32. The number of ether oxygens (including phenoxy) is 1. The first-order valence-electron chi connectivity index (χ1n) is 8.94. The van der Waals surface area contributed by atoms with Gasteiger partial charge >= 0.3 is 0 Å². The van der Waals surface area contributed by atoms with Crippen molar-refractivity contribution in [1.29, 1.82) is 0 Å². The molecule has 2 N–H and O–H groups in total. The van der Waals surface area contributed by atoms with E-state index in [0.717, 1.165) is 10.8 Å². The van der Waals surface area contributed by atoms with Crippen LogP contribution in [0.2, 0.25) is 5.02 Å². The summed E-state index contributed by atoms with van der Waals surface area (Å²) in [5, 5.41) is 8.01. The quantitative estimate of drug-likeness (QED) is 0.637. The van der Waals surface area contributed by atoms with Crippen molar-refractivity contribution in [3.63, 3.8) is 0 Å². The Morgan fingerprint density at radius 1 is 1.00 bits per heavy atom. The van der Waals surface area contributed by atoms with Crippen LogP contribution in [0.1, 0.15) is 24.2 Å². The number of nitrogens with one attached hydrogen (secondary N) is 2. The van der Waals surface area contributed by atoms with Crippen molar-refractivity contribution in [2.75, 3.05) is 11.9 Å². The van der Waals surface area contributed by atoms with Gasteiger partial charge in [0.1, 0.15) is 5.75 Å². The van der Waals surface area contributed by atoms with E-state index in [2.05, 4.69) is 10.6 Å². The molecule has 0 radical (unpaired) electrons. The average Bonchev–Trinajstić information content (AvgIpc) is 2.67. The molecule has 5 nitrogen and oxygen atoms in total. The Morgan fingerprint density at radius 3 is 2.29 bits per heavy atom. The third-order valence-corrected chi connectivity index (χ3v) is 4.26. The molecule has 0 saturated carbocycles. The predicted molar refractivity (Wildman–Crippen MR) is 112 cm³/mol.